The van der Waals surface area contributed by atoms with E-state index in [2.05, 4.69) is 20.0 Å². The molecule has 0 aliphatic heterocycles. The van der Waals surface area contributed by atoms with Gasteiger partial charge in [-0.3, -0.25) is 0 Å². The predicted molar refractivity (Wildman–Crippen MR) is 50.0 cm³/mol. The summed E-state index contributed by atoms with van der Waals surface area (Å²) in [5.41, 5.74) is 0. The first-order chi connectivity index (χ1) is 5.05. The Labute approximate surface area is 71.2 Å². The Morgan fingerprint density at radius 1 is 1.18 bits per heavy atom. The predicted octanol–water partition coefficient (Wildman–Crippen LogP) is 2.75. The van der Waals surface area contributed by atoms with Crippen LogP contribution in [0.3, 0.4) is 0 Å². The first-order valence-corrected chi connectivity index (χ1v) is 7.84. The van der Waals surface area contributed by atoms with E-state index in [1.165, 1.54) is 0 Å². The lowest BCUT2D eigenvalue weighted by atomic mass is 11.0. The fraction of sp³-hybridized carbons (Fsp3) is 1.00. The first-order valence-electron chi connectivity index (χ1n) is 3.63. The van der Waals surface area contributed by atoms with E-state index in [-0.39, 0.29) is 0 Å². The first kappa shape index (κ1) is 11.5. The summed E-state index contributed by atoms with van der Waals surface area (Å²) >= 11 is 0. The summed E-state index contributed by atoms with van der Waals surface area (Å²) in [6, 6.07) is 1.08. The second-order valence-electron chi connectivity index (χ2n) is 2.79. The molecule has 0 aliphatic carbocycles. The Morgan fingerprint density at radius 3 is 1.91 bits per heavy atom. The molecule has 0 aliphatic rings. The average molecular weight is 196 g/mol. The van der Waals surface area contributed by atoms with E-state index in [0.29, 0.717) is 0 Å². The van der Waals surface area contributed by atoms with Crippen LogP contribution in [0.15, 0.2) is 0 Å². The Hall–Kier alpha value is 0.527. The highest BCUT2D eigenvalue weighted by Gasteiger charge is 2.25. The molecule has 0 saturated carbocycles. The second-order valence-corrected chi connectivity index (χ2v) is 8.93. The number of hydrogen-bond donors (Lipinski definition) is 0. The molecule has 0 aromatic heterocycles. The van der Waals surface area contributed by atoms with Gasteiger partial charge in [-0.25, -0.2) is 0 Å². The maximum Gasteiger partial charge on any atom is 0.321 e. The van der Waals surface area contributed by atoms with Gasteiger partial charge in [-0.05, 0) is 19.1 Å². The highest BCUT2D eigenvalue weighted by atomic mass is 31.2. The van der Waals surface area contributed by atoms with Gasteiger partial charge in [-0.1, -0.05) is 6.92 Å². The van der Waals surface area contributed by atoms with Crippen LogP contribution in [0.25, 0.3) is 0 Å². The van der Waals surface area contributed by atoms with Crippen molar-refractivity contribution in [3.63, 3.8) is 0 Å². The van der Waals surface area contributed by atoms with Crippen LogP contribution >= 0.6 is 8.60 Å². The molecule has 0 fully saturated rings. The van der Waals surface area contributed by atoms with Crippen LogP contribution in [0.4, 0.5) is 0 Å². The molecular weight excluding hydrogens is 179 g/mol. The minimum atomic E-state index is -1.50. The third kappa shape index (κ3) is 4.88. The maximum atomic E-state index is 5.64. The van der Waals surface area contributed by atoms with E-state index >= 15 is 0 Å². The monoisotopic (exact) mass is 196 g/mol. The summed E-state index contributed by atoms with van der Waals surface area (Å²) in [6.07, 6.45) is 0. The van der Waals surface area contributed by atoms with E-state index in [4.69, 9.17) is 13.3 Å². The van der Waals surface area contributed by atoms with Gasteiger partial charge >= 0.3 is 8.60 Å². The third-order valence-electron chi connectivity index (χ3n) is 1.47. The van der Waals surface area contributed by atoms with E-state index in [1.807, 2.05) is 0 Å². The maximum absolute atomic E-state index is 5.64. The van der Waals surface area contributed by atoms with Crippen molar-refractivity contribution in [1.29, 1.82) is 0 Å². The summed E-state index contributed by atoms with van der Waals surface area (Å²) in [5, 5.41) is 0. The van der Waals surface area contributed by atoms with E-state index in [0.717, 1.165) is 6.04 Å². The molecule has 0 rings (SSSR count). The molecule has 0 amide bonds. The van der Waals surface area contributed by atoms with Crippen LogP contribution < -0.4 is 0 Å². The summed E-state index contributed by atoms with van der Waals surface area (Å²) in [7, 11) is 0.621. The lowest BCUT2D eigenvalue weighted by molar-refractivity contribution is 0.274. The number of hydrogen-bond acceptors (Lipinski definition) is 3. The van der Waals surface area contributed by atoms with Crippen molar-refractivity contribution >= 4 is 16.9 Å². The van der Waals surface area contributed by atoms with Crippen LogP contribution in [-0.4, -0.2) is 22.5 Å². The SMILES string of the molecule is CC[Si](C)(C)OP(OC)OC. The zero-order valence-corrected chi connectivity index (χ0v) is 9.77. The summed E-state index contributed by atoms with van der Waals surface area (Å²) in [5.74, 6) is 0. The Balaban J connectivity index is 3.79. The molecule has 68 valence electrons. The molecule has 3 nitrogen and oxygen atoms in total. The largest absolute Gasteiger partial charge is 0.354 e. The number of rotatable bonds is 5. The quantitative estimate of drug-likeness (QED) is 0.500. The van der Waals surface area contributed by atoms with Gasteiger partial charge in [0.15, 0.2) is 8.32 Å². The molecule has 0 aromatic carbocycles. The van der Waals surface area contributed by atoms with Crippen molar-refractivity contribution in [2.45, 2.75) is 26.1 Å². The standard InChI is InChI=1S/C6H17O3PSi/c1-6-11(4,5)9-10(7-2)8-3/h6H2,1-5H3. The smallest absolute Gasteiger partial charge is 0.321 e. The molecule has 0 N–H and O–H groups in total. The van der Waals surface area contributed by atoms with Gasteiger partial charge in [-0.2, -0.15) is 0 Å². The van der Waals surface area contributed by atoms with Crippen molar-refractivity contribution < 1.29 is 13.3 Å². The van der Waals surface area contributed by atoms with Crippen LogP contribution in [0, 0.1) is 0 Å². The Morgan fingerprint density at radius 2 is 1.64 bits per heavy atom. The average Bonchev–Trinajstić information content (AvgIpc) is 2.00. The topological polar surface area (TPSA) is 27.7 Å². The zero-order chi connectivity index (χ0) is 8.91. The minimum absolute atomic E-state index is 1.08. The Kier molecular flexibility index (Phi) is 5.47. The molecule has 5 heteroatoms. The van der Waals surface area contributed by atoms with Gasteiger partial charge in [0, 0.05) is 14.2 Å². The molecule has 0 saturated heterocycles. The molecule has 11 heavy (non-hydrogen) atoms. The van der Waals surface area contributed by atoms with Crippen molar-refractivity contribution in [2.75, 3.05) is 14.2 Å². The summed E-state index contributed by atoms with van der Waals surface area (Å²) < 4.78 is 15.6. The normalized spacial score (nSPS) is 12.5. The lowest BCUT2D eigenvalue weighted by Crippen LogP contribution is -2.26. The minimum Gasteiger partial charge on any atom is -0.354 e. The van der Waals surface area contributed by atoms with Crippen molar-refractivity contribution in [1.82, 2.24) is 0 Å². The van der Waals surface area contributed by atoms with Crippen molar-refractivity contribution in [3.8, 4) is 0 Å². The molecule has 0 unspecified atom stereocenters. The van der Waals surface area contributed by atoms with Crippen LogP contribution in [0.2, 0.25) is 19.1 Å². The van der Waals surface area contributed by atoms with Crippen LogP contribution in [-0.2, 0) is 13.3 Å². The van der Waals surface area contributed by atoms with Gasteiger partial charge in [0.2, 0.25) is 0 Å². The molecule has 0 atom stereocenters. The van der Waals surface area contributed by atoms with Crippen molar-refractivity contribution in [3.05, 3.63) is 0 Å². The molecule has 0 bridgehead atoms. The van der Waals surface area contributed by atoms with Gasteiger partial charge in [0.05, 0.1) is 0 Å². The second kappa shape index (κ2) is 5.22. The van der Waals surface area contributed by atoms with Crippen molar-refractivity contribution in [2.24, 2.45) is 0 Å². The fourth-order valence-electron chi connectivity index (χ4n) is 0.415. The highest BCUT2D eigenvalue weighted by molar-refractivity contribution is 7.43. The molecule has 0 spiro atoms. The third-order valence-corrected chi connectivity index (χ3v) is 6.34. The van der Waals surface area contributed by atoms with Crippen LogP contribution in [0.5, 0.6) is 0 Å². The highest BCUT2D eigenvalue weighted by Crippen LogP contribution is 2.41. The van der Waals surface area contributed by atoms with E-state index < -0.39 is 16.9 Å². The zero-order valence-electron chi connectivity index (χ0n) is 7.88. The molecule has 0 aromatic rings. The van der Waals surface area contributed by atoms with E-state index in [1.54, 1.807) is 14.2 Å². The molecule has 0 heterocycles. The molecular formula is C6H17O3PSi. The Bertz CT molecular complexity index is 106. The summed E-state index contributed by atoms with van der Waals surface area (Å²) in [4.78, 5) is 0. The van der Waals surface area contributed by atoms with Gasteiger partial charge < -0.3 is 13.3 Å². The van der Waals surface area contributed by atoms with Gasteiger partial charge in [-0.15, -0.1) is 0 Å². The van der Waals surface area contributed by atoms with Gasteiger partial charge in [0.1, 0.15) is 0 Å². The fourth-order valence-corrected chi connectivity index (χ4v) is 3.29. The van der Waals surface area contributed by atoms with Crippen LogP contribution in [0.1, 0.15) is 6.92 Å². The molecule has 0 radical (unpaired) electrons. The van der Waals surface area contributed by atoms with Gasteiger partial charge in [0.25, 0.3) is 0 Å². The summed E-state index contributed by atoms with van der Waals surface area (Å²) in [6.45, 7) is 6.44. The van der Waals surface area contributed by atoms with E-state index in [9.17, 15) is 0 Å². The lowest BCUT2D eigenvalue weighted by Gasteiger charge is -2.24.